The molecule has 1 aromatic heterocycles. The standard InChI is InChI=1S/C25H34F3N3O2/c1-24(2,3)11-23(32)30-22-12-29-21-5-4-19(10-20(21)22)33-7-6-16-8-17-13-31(14-18(17)9-16)15-25(26,27)28/h4-5,10,12,16-18,29H,6-9,11,13-15H2,1-3H3,(H,30,32)/t16?,17-,18+. The van der Waals surface area contributed by atoms with Crippen molar-refractivity contribution in [2.24, 2.45) is 23.2 Å². The van der Waals surface area contributed by atoms with Gasteiger partial charge in [0.05, 0.1) is 18.8 Å². The number of anilines is 1. The number of likely N-dealkylation sites (tertiary alicyclic amines) is 1. The zero-order valence-corrected chi connectivity index (χ0v) is 19.6. The molecule has 4 rings (SSSR count). The number of amides is 1. The van der Waals surface area contributed by atoms with Crippen LogP contribution < -0.4 is 10.1 Å². The Morgan fingerprint density at radius 2 is 1.88 bits per heavy atom. The lowest BCUT2D eigenvalue weighted by atomic mass is 9.92. The number of ether oxygens (including phenoxy) is 1. The van der Waals surface area contributed by atoms with Crippen molar-refractivity contribution in [1.82, 2.24) is 9.88 Å². The van der Waals surface area contributed by atoms with Gasteiger partial charge in [0, 0.05) is 36.6 Å². The second-order valence-corrected chi connectivity index (χ2v) is 11.0. The van der Waals surface area contributed by atoms with Crippen molar-refractivity contribution in [3.05, 3.63) is 24.4 Å². The summed E-state index contributed by atoms with van der Waals surface area (Å²) in [5.74, 6) is 2.01. The van der Waals surface area contributed by atoms with Gasteiger partial charge in [0.2, 0.25) is 5.91 Å². The number of carbonyl (C=O) groups is 1. The Morgan fingerprint density at radius 3 is 2.52 bits per heavy atom. The number of aromatic amines is 1. The van der Waals surface area contributed by atoms with E-state index in [-0.39, 0.29) is 11.3 Å². The van der Waals surface area contributed by atoms with Gasteiger partial charge in [-0.1, -0.05) is 20.8 Å². The third-order valence-corrected chi connectivity index (χ3v) is 6.74. The molecule has 2 aliphatic rings. The van der Waals surface area contributed by atoms with E-state index in [1.54, 1.807) is 11.1 Å². The van der Waals surface area contributed by atoms with Crippen molar-refractivity contribution in [2.45, 2.75) is 52.6 Å². The molecule has 8 heteroatoms. The number of hydrogen-bond acceptors (Lipinski definition) is 3. The maximum Gasteiger partial charge on any atom is 0.401 e. The van der Waals surface area contributed by atoms with E-state index in [2.05, 4.69) is 10.3 Å². The molecule has 2 aromatic rings. The second kappa shape index (κ2) is 9.20. The van der Waals surface area contributed by atoms with Gasteiger partial charge >= 0.3 is 6.18 Å². The molecule has 3 atom stereocenters. The first-order chi connectivity index (χ1) is 15.4. The summed E-state index contributed by atoms with van der Waals surface area (Å²) in [6, 6.07) is 5.80. The van der Waals surface area contributed by atoms with Gasteiger partial charge in [-0.05, 0) is 60.6 Å². The third-order valence-electron chi connectivity index (χ3n) is 6.74. The Labute approximate surface area is 193 Å². The minimum atomic E-state index is -4.11. The number of rotatable bonds is 7. The minimum absolute atomic E-state index is 0.0182. The summed E-state index contributed by atoms with van der Waals surface area (Å²) in [6.45, 7) is 7.02. The maximum atomic E-state index is 12.6. The number of aromatic nitrogens is 1. The number of hydrogen-bond donors (Lipinski definition) is 2. The van der Waals surface area contributed by atoms with Gasteiger partial charge in [-0.2, -0.15) is 13.2 Å². The highest BCUT2D eigenvalue weighted by molar-refractivity contribution is 6.02. The van der Waals surface area contributed by atoms with E-state index in [0.717, 1.165) is 41.6 Å². The van der Waals surface area contributed by atoms with E-state index < -0.39 is 12.7 Å². The van der Waals surface area contributed by atoms with Crippen LogP contribution in [0.2, 0.25) is 0 Å². The van der Waals surface area contributed by atoms with Gasteiger partial charge < -0.3 is 15.0 Å². The van der Waals surface area contributed by atoms with Crippen molar-refractivity contribution in [2.75, 3.05) is 31.6 Å². The molecule has 1 aliphatic carbocycles. The second-order valence-electron chi connectivity index (χ2n) is 11.0. The van der Waals surface area contributed by atoms with Crippen LogP contribution in [0.1, 0.15) is 46.5 Å². The lowest BCUT2D eigenvalue weighted by Gasteiger charge is -2.20. The smallest absolute Gasteiger partial charge is 0.401 e. The molecule has 1 amide bonds. The summed E-state index contributed by atoms with van der Waals surface area (Å²) >= 11 is 0. The first kappa shape index (κ1) is 23.9. The molecule has 33 heavy (non-hydrogen) atoms. The van der Waals surface area contributed by atoms with E-state index in [4.69, 9.17) is 4.74 Å². The number of halogens is 3. The van der Waals surface area contributed by atoms with Crippen LogP contribution in [0.3, 0.4) is 0 Å². The molecule has 0 radical (unpaired) electrons. The van der Waals surface area contributed by atoms with Crippen molar-refractivity contribution in [3.63, 3.8) is 0 Å². The molecule has 1 unspecified atom stereocenters. The van der Waals surface area contributed by atoms with Crippen LogP contribution in [-0.2, 0) is 4.79 Å². The number of alkyl halides is 3. The number of H-pyrrole nitrogens is 1. The molecule has 2 N–H and O–H groups in total. The molecule has 0 spiro atoms. The number of carbonyl (C=O) groups excluding carboxylic acids is 1. The Bertz CT molecular complexity index is 965. The Balaban J connectivity index is 1.26. The molecule has 1 saturated heterocycles. The highest BCUT2D eigenvalue weighted by atomic mass is 19.4. The normalized spacial score (nSPS) is 23.8. The van der Waals surface area contributed by atoms with Gasteiger partial charge in [0.1, 0.15) is 5.75 Å². The number of nitrogens with zero attached hydrogens (tertiary/aromatic N) is 1. The quantitative estimate of drug-likeness (QED) is 0.541. The third kappa shape index (κ3) is 6.43. The van der Waals surface area contributed by atoms with Crippen LogP contribution in [0.15, 0.2) is 24.4 Å². The van der Waals surface area contributed by atoms with Crippen molar-refractivity contribution >= 4 is 22.5 Å². The number of fused-ring (bicyclic) bond motifs is 2. The van der Waals surface area contributed by atoms with Crippen LogP contribution >= 0.6 is 0 Å². The zero-order chi connectivity index (χ0) is 23.8. The van der Waals surface area contributed by atoms with E-state index in [9.17, 15) is 18.0 Å². The predicted octanol–water partition coefficient (Wildman–Crippen LogP) is 5.83. The van der Waals surface area contributed by atoms with Crippen LogP contribution in [0.25, 0.3) is 10.9 Å². The van der Waals surface area contributed by atoms with Crippen molar-refractivity contribution in [3.8, 4) is 5.75 Å². The van der Waals surface area contributed by atoms with E-state index in [0.29, 0.717) is 43.9 Å². The van der Waals surface area contributed by atoms with Crippen LogP contribution in [0.5, 0.6) is 5.75 Å². The molecule has 2 heterocycles. The lowest BCUT2D eigenvalue weighted by molar-refractivity contribution is -0.144. The van der Waals surface area contributed by atoms with Crippen molar-refractivity contribution in [1.29, 1.82) is 0 Å². The SMILES string of the molecule is CC(C)(C)CC(=O)Nc1c[nH]c2ccc(OCCC3C[C@@H]4CN(CC(F)(F)F)C[C@@H]4C3)cc12. The van der Waals surface area contributed by atoms with Gasteiger partial charge in [0.15, 0.2) is 0 Å². The summed E-state index contributed by atoms with van der Waals surface area (Å²) < 4.78 is 43.9. The predicted molar refractivity (Wildman–Crippen MR) is 123 cm³/mol. The number of nitrogens with one attached hydrogen (secondary N) is 2. The lowest BCUT2D eigenvalue weighted by Crippen LogP contribution is -2.33. The summed E-state index contributed by atoms with van der Waals surface area (Å²) in [7, 11) is 0. The molecular formula is C25H34F3N3O2. The largest absolute Gasteiger partial charge is 0.494 e. The number of benzene rings is 1. The average molecular weight is 466 g/mol. The highest BCUT2D eigenvalue weighted by Crippen LogP contribution is 2.43. The molecule has 182 valence electrons. The molecule has 1 aromatic carbocycles. The van der Waals surface area contributed by atoms with Gasteiger partial charge in [-0.15, -0.1) is 0 Å². The minimum Gasteiger partial charge on any atom is -0.494 e. The monoisotopic (exact) mass is 465 g/mol. The van der Waals surface area contributed by atoms with E-state index in [1.807, 2.05) is 39.0 Å². The van der Waals surface area contributed by atoms with Gasteiger partial charge in [0.25, 0.3) is 0 Å². The first-order valence-corrected chi connectivity index (χ1v) is 11.8. The fourth-order valence-corrected chi connectivity index (χ4v) is 5.45. The molecular weight excluding hydrogens is 431 g/mol. The maximum absolute atomic E-state index is 12.6. The van der Waals surface area contributed by atoms with E-state index >= 15 is 0 Å². The van der Waals surface area contributed by atoms with Crippen LogP contribution in [-0.4, -0.2) is 48.2 Å². The summed E-state index contributed by atoms with van der Waals surface area (Å²) in [5, 5.41) is 3.90. The van der Waals surface area contributed by atoms with Crippen molar-refractivity contribution < 1.29 is 22.7 Å². The highest BCUT2D eigenvalue weighted by Gasteiger charge is 2.43. The Kier molecular flexibility index (Phi) is 6.67. The Morgan fingerprint density at radius 1 is 1.18 bits per heavy atom. The van der Waals surface area contributed by atoms with Crippen LogP contribution in [0.4, 0.5) is 18.9 Å². The molecule has 1 aliphatic heterocycles. The first-order valence-electron chi connectivity index (χ1n) is 11.8. The fraction of sp³-hybridized carbons (Fsp3) is 0.640. The summed E-state index contributed by atoms with van der Waals surface area (Å²) in [5.41, 5.74) is 1.59. The fourth-order valence-electron chi connectivity index (χ4n) is 5.45. The molecule has 2 fully saturated rings. The van der Waals surface area contributed by atoms with Gasteiger partial charge in [-0.3, -0.25) is 9.69 Å². The summed E-state index contributed by atoms with van der Waals surface area (Å²) in [4.78, 5) is 17.1. The topological polar surface area (TPSA) is 57.4 Å². The average Bonchev–Trinajstić information content (AvgIpc) is 3.32. The van der Waals surface area contributed by atoms with Gasteiger partial charge in [-0.25, -0.2) is 0 Å². The molecule has 1 saturated carbocycles. The molecule has 5 nitrogen and oxygen atoms in total. The Hall–Kier alpha value is -2.22. The van der Waals surface area contributed by atoms with Crippen LogP contribution in [0, 0.1) is 23.2 Å². The molecule has 0 bridgehead atoms. The zero-order valence-electron chi connectivity index (χ0n) is 19.6. The van der Waals surface area contributed by atoms with E-state index in [1.165, 1.54) is 0 Å². The summed E-state index contributed by atoms with van der Waals surface area (Å²) in [6.07, 6.45) is 1.02.